The Hall–Kier alpha value is -1.94. The molecule has 1 aromatic carbocycles. The Morgan fingerprint density at radius 2 is 2.00 bits per heavy atom. The molecule has 4 rings (SSSR count). The van der Waals surface area contributed by atoms with Crippen LogP contribution in [0.1, 0.15) is 29.5 Å². The van der Waals surface area contributed by atoms with Crippen LogP contribution in [-0.2, 0) is 6.42 Å². The van der Waals surface area contributed by atoms with Gasteiger partial charge in [0.15, 0.2) is 0 Å². The number of fused-ring (bicyclic) bond motifs is 3. The first-order valence-corrected chi connectivity index (χ1v) is 7.67. The van der Waals surface area contributed by atoms with Crippen molar-refractivity contribution in [2.75, 3.05) is 18.0 Å². The highest BCUT2D eigenvalue weighted by atomic mass is 15.3. The SMILES string of the molecule is Cc1ccc2c(c1)-c1nc(N3CCC(N)CC3)ncc1C2. The van der Waals surface area contributed by atoms with Gasteiger partial charge in [-0.2, -0.15) is 0 Å². The van der Waals surface area contributed by atoms with Gasteiger partial charge in [-0.15, -0.1) is 0 Å². The van der Waals surface area contributed by atoms with Crippen molar-refractivity contribution in [2.24, 2.45) is 5.73 Å². The van der Waals surface area contributed by atoms with E-state index in [9.17, 15) is 0 Å². The first-order valence-electron chi connectivity index (χ1n) is 7.67. The van der Waals surface area contributed by atoms with Gasteiger partial charge in [0.05, 0.1) is 5.69 Å². The molecule has 0 saturated carbocycles. The zero-order valence-corrected chi connectivity index (χ0v) is 12.3. The number of aryl methyl sites for hydroxylation is 1. The summed E-state index contributed by atoms with van der Waals surface area (Å²) in [6, 6.07) is 6.96. The first-order chi connectivity index (χ1) is 10.2. The quantitative estimate of drug-likeness (QED) is 0.743. The fourth-order valence-electron chi connectivity index (χ4n) is 3.28. The molecule has 1 fully saturated rings. The Labute approximate surface area is 125 Å². The van der Waals surface area contributed by atoms with Crippen molar-refractivity contribution in [2.45, 2.75) is 32.2 Å². The molecule has 2 aromatic rings. The van der Waals surface area contributed by atoms with Crippen LogP contribution in [-0.4, -0.2) is 29.1 Å². The summed E-state index contributed by atoms with van der Waals surface area (Å²) in [7, 11) is 0. The van der Waals surface area contributed by atoms with Gasteiger partial charge in [-0.25, -0.2) is 9.97 Å². The molecule has 1 aliphatic heterocycles. The zero-order chi connectivity index (χ0) is 14.4. The largest absolute Gasteiger partial charge is 0.341 e. The van der Waals surface area contributed by atoms with Gasteiger partial charge in [0.2, 0.25) is 5.95 Å². The number of hydrogen-bond donors (Lipinski definition) is 1. The highest BCUT2D eigenvalue weighted by Crippen LogP contribution is 2.36. The Balaban J connectivity index is 1.70. The zero-order valence-electron chi connectivity index (χ0n) is 12.3. The maximum Gasteiger partial charge on any atom is 0.225 e. The van der Waals surface area contributed by atoms with Gasteiger partial charge >= 0.3 is 0 Å². The van der Waals surface area contributed by atoms with Gasteiger partial charge in [-0.1, -0.05) is 17.7 Å². The van der Waals surface area contributed by atoms with Gasteiger partial charge in [0.1, 0.15) is 0 Å². The number of anilines is 1. The van der Waals surface area contributed by atoms with E-state index in [4.69, 9.17) is 10.7 Å². The number of nitrogens with two attached hydrogens (primary N) is 1. The monoisotopic (exact) mass is 280 g/mol. The molecule has 1 aromatic heterocycles. The van der Waals surface area contributed by atoms with Crippen molar-refractivity contribution in [3.05, 3.63) is 41.1 Å². The summed E-state index contributed by atoms with van der Waals surface area (Å²) < 4.78 is 0. The smallest absolute Gasteiger partial charge is 0.225 e. The average molecular weight is 280 g/mol. The van der Waals surface area contributed by atoms with E-state index in [1.165, 1.54) is 22.3 Å². The summed E-state index contributed by atoms with van der Waals surface area (Å²) in [4.78, 5) is 11.7. The molecule has 2 heterocycles. The van der Waals surface area contributed by atoms with E-state index < -0.39 is 0 Å². The lowest BCUT2D eigenvalue weighted by atomic mass is 10.1. The third-order valence-electron chi connectivity index (χ3n) is 4.58. The van der Waals surface area contributed by atoms with Crippen molar-refractivity contribution in [1.82, 2.24) is 9.97 Å². The van der Waals surface area contributed by atoms with Gasteiger partial charge in [0.25, 0.3) is 0 Å². The molecule has 1 saturated heterocycles. The Bertz CT molecular complexity index is 687. The molecule has 0 bridgehead atoms. The number of rotatable bonds is 1. The predicted octanol–water partition coefficient (Wildman–Crippen LogP) is 2.28. The maximum atomic E-state index is 5.98. The number of benzene rings is 1. The average Bonchev–Trinajstić information content (AvgIpc) is 2.85. The number of aromatic nitrogens is 2. The van der Waals surface area contributed by atoms with E-state index in [1.807, 2.05) is 6.20 Å². The van der Waals surface area contributed by atoms with Crippen LogP contribution in [0.5, 0.6) is 0 Å². The molecule has 0 atom stereocenters. The lowest BCUT2D eigenvalue weighted by Gasteiger charge is -2.30. The van der Waals surface area contributed by atoms with E-state index in [2.05, 4.69) is 35.0 Å². The molecule has 4 nitrogen and oxygen atoms in total. The molecule has 108 valence electrons. The predicted molar refractivity (Wildman–Crippen MR) is 84.4 cm³/mol. The summed E-state index contributed by atoms with van der Waals surface area (Å²) in [5.41, 5.74) is 12.3. The van der Waals surface area contributed by atoms with E-state index >= 15 is 0 Å². The van der Waals surface area contributed by atoms with E-state index in [1.54, 1.807) is 0 Å². The van der Waals surface area contributed by atoms with Crippen molar-refractivity contribution in [1.29, 1.82) is 0 Å². The Kier molecular flexibility index (Phi) is 2.93. The molecule has 21 heavy (non-hydrogen) atoms. The van der Waals surface area contributed by atoms with Crippen molar-refractivity contribution < 1.29 is 0 Å². The molecule has 2 N–H and O–H groups in total. The topological polar surface area (TPSA) is 55.0 Å². The summed E-state index contributed by atoms with van der Waals surface area (Å²) in [5, 5.41) is 0. The van der Waals surface area contributed by atoms with Crippen LogP contribution >= 0.6 is 0 Å². The summed E-state index contributed by atoms with van der Waals surface area (Å²) in [5.74, 6) is 0.856. The second-order valence-electron chi connectivity index (χ2n) is 6.21. The molecule has 0 unspecified atom stereocenters. The fourth-order valence-corrected chi connectivity index (χ4v) is 3.28. The third-order valence-corrected chi connectivity index (χ3v) is 4.58. The van der Waals surface area contributed by atoms with Crippen LogP contribution in [0.25, 0.3) is 11.3 Å². The molecule has 2 aliphatic rings. The lowest BCUT2D eigenvalue weighted by Crippen LogP contribution is -2.40. The van der Waals surface area contributed by atoms with E-state index in [-0.39, 0.29) is 0 Å². The van der Waals surface area contributed by atoms with Gasteiger partial charge in [-0.3, -0.25) is 0 Å². The second-order valence-corrected chi connectivity index (χ2v) is 6.21. The van der Waals surface area contributed by atoms with Gasteiger partial charge in [-0.05, 0) is 31.4 Å². The van der Waals surface area contributed by atoms with Crippen LogP contribution in [0.2, 0.25) is 0 Å². The van der Waals surface area contributed by atoms with Gasteiger partial charge < -0.3 is 10.6 Å². The van der Waals surface area contributed by atoms with Crippen molar-refractivity contribution >= 4 is 5.95 Å². The standard InChI is InChI=1S/C17H20N4/c1-11-2-3-12-9-13-10-19-17(20-16(13)15(12)8-11)21-6-4-14(18)5-7-21/h2-3,8,10,14H,4-7,9,18H2,1H3. The maximum absolute atomic E-state index is 5.98. The molecular formula is C17H20N4. The Morgan fingerprint density at radius 1 is 1.19 bits per heavy atom. The number of hydrogen-bond acceptors (Lipinski definition) is 4. The van der Waals surface area contributed by atoms with E-state index in [0.717, 1.165) is 44.0 Å². The molecule has 0 spiro atoms. The van der Waals surface area contributed by atoms with Crippen LogP contribution in [0.4, 0.5) is 5.95 Å². The normalized spacial score (nSPS) is 17.7. The summed E-state index contributed by atoms with van der Waals surface area (Å²) >= 11 is 0. The minimum atomic E-state index is 0.332. The van der Waals surface area contributed by atoms with Crippen molar-refractivity contribution in [3.8, 4) is 11.3 Å². The highest BCUT2D eigenvalue weighted by molar-refractivity contribution is 5.74. The van der Waals surface area contributed by atoms with Crippen LogP contribution < -0.4 is 10.6 Å². The first kappa shape index (κ1) is 12.8. The van der Waals surface area contributed by atoms with Crippen LogP contribution in [0.15, 0.2) is 24.4 Å². The minimum absolute atomic E-state index is 0.332. The number of piperidine rings is 1. The summed E-state index contributed by atoms with van der Waals surface area (Å²) in [6.07, 6.45) is 5.00. The second kappa shape index (κ2) is 4.81. The van der Waals surface area contributed by atoms with Crippen LogP contribution in [0.3, 0.4) is 0 Å². The fraction of sp³-hybridized carbons (Fsp3) is 0.412. The molecule has 1 aliphatic carbocycles. The number of nitrogens with zero attached hydrogens (tertiary/aromatic N) is 3. The third kappa shape index (κ3) is 2.20. The lowest BCUT2D eigenvalue weighted by molar-refractivity contribution is 0.495. The minimum Gasteiger partial charge on any atom is -0.341 e. The summed E-state index contributed by atoms with van der Waals surface area (Å²) in [6.45, 7) is 4.05. The van der Waals surface area contributed by atoms with E-state index in [0.29, 0.717) is 6.04 Å². The highest BCUT2D eigenvalue weighted by Gasteiger charge is 2.24. The molecule has 4 heteroatoms. The van der Waals surface area contributed by atoms with Crippen LogP contribution in [0, 0.1) is 6.92 Å². The van der Waals surface area contributed by atoms with Gasteiger partial charge in [0, 0.05) is 42.9 Å². The van der Waals surface area contributed by atoms with Crippen molar-refractivity contribution in [3.63, 3.8) is 0 Å². The molecular weight excluding hydrogens is 260 g/mol. The molecule has 0 radical (unpaired) electrons. The molecule has 0 amide bonds. The Morgan fingerprint density at radius 3 is 2.81 bits per heavy atom.